The third-order valence-corrected chi connectivity index (χ3v) is 6.48. The predicted molar refractivity (Wildman–Crippen MR) is 137 cm³/mol. The van der Waals surface area contributed by atoms with E-state index < -0.39 is 13.9 Å². The van der Waals surface area contributed by atoms with Gasteiger partial charge in [0.2, 0.25) is 0 Å². The summed E-state index contributed by atoms with van der Waals surface area (Å²) in [5.74, 6) is -0.383. The number of carbonyl (C=O) groups excluding carboxylic acids is 1. The van der Waals surface area contributed by atoms with E-state index >= 15 is 0 Å². The van der Waals surface area contributed by atoms with Gasteiger partial charge in [-0.05, 0) is 12.8 Å². The number of nitrogens with two attached hydrogens (primary N) is 1. The molecule has 0 aliphatic heterocycles. The first kappa shape index (κ1) is 33.5. The molecule has 204 valence electrons. The minimum atomic E-state index is -4.22. The van der Waals surface area contributed by atoms with Crippen molar-refractivity contribution in [1.29, 1.82) is 0 Å². The fourth-order valence-corrected chi connectivity index (χ4v) is 4.33. The van der Waals surface area contributed by atoms with Crippen LogP contribution in [-0.4, -0.2) is 49.9 Å². The lowest BCUT2D eigenvalue weighted by Gasteiger charge is -2.19. The Morgan fingerprint density at radius 1 is 0.765 bits per heavy atom. The van der Waals surface area contributed by atoms with E-state index in [1.165, 1.54) is 77.0 Å². The Kier molecular flexibility index (Phi) is 23.8. The highest BCUT2D eigenvalue weighted by molar-refractivity contribution is 7.47. The summed E-state index contributed by atoms with van der Waals surface area (Å²) in [6, 6.07) is 0. The second-order valence-electron chi connectivity index (χ2n) is 8.92. The number of phosphoric acid groups is 1. The quantitative estimate of drug-likeness (QED) is 0.0794. The van der Waals surface area contributed by atoms with Gasteiger partial charge in [-0.3, -0.25) is 13.8 Å². The molecule has 0 saturated heterocycles. The molecule has 0 bridgehead atoms. The molecule has 0 aromatic rings. The number of unbranched alkanes of at least 4 members (excludes halogenated alkanes) is 13. The SMILES string of the molecule is CCCCCCCCCCCCCCCCOC[C@H](COP(=O)(O)OCCN)OC(=O)CCC. The molecule has 8 nitrogen and oxygen atoms in total. The molecule has 34 heavy (non-hydrogen) atoms. The third kappa shape index (κ3) is 23.3. The minimum Gasteiger partial charge on any atom is -0.457 e. The molecule has 0 amide bonds. The first-order valence-electron chi connectivity index (χ1n) is 13.5. The molecule has 3 N–H and O–H groups in total. The Balaban J connectivity index is 3.81. The molecule has 0 spiro atoms. The number of phosphoric ester groups is 1. The van der Waals surface area contributed by atoms with Gasteiger partial charge in [0.25, 0.3) is 0 Å². The van der Waals surface area contributed by atoms with Crippen LogP contribution in [0.15, 0.2) is 0 Å². The van der Waals surface area contributed by atoms with Crippen LogP contribution in [0, 0.1) is 0 Å². The van der Waals surface area contributed by atoms with E-state index in [-0.39, 0.29) is 38.8 Å². The topological polar surface area (TPSA) is 117 Å². The van der Waals surface area contributed by atoms with Crippen LogP contribution in [-0.2, 0) is 27.9 Å². The van der Waals surface area contributed by atoms with Crippen LogP contribution in [0.5, 0.6) is 0 Å². The van der Waals surface area contributed by atoms with Crippen molar-refractivity contribution in [1.82, 2.24) is 0 Å². The maximum absolute atomic E-state index is 11.8. The first-order chi connectivity index (χ1) is 16.4. The zero-order valence-corrected chi connectivity index (χ0v) is 22.7. The van der Waals surface area contributed by atoms with Crippen LogP contribution in [0.1, 0.15) is 117 Å². The Morgan fingerprint density at radius 3 is 1.79 bits per heavy atom. The van der Waals surface area contributed by atoms with E-state index in [1.807, 2.05) is 6.92 Å². The molecular formula is C25H52NO7P. The maximum Gasteiger partial charge on any atom is 0.472 e. The smallest absolute Gasteiger partial charge is 0.457 e. The monoisotopic (exact) mass is 509 g/mol. The Labute approximate surface area is 208 Å². The van der Waals surface area contributed by atoms with Gasteiger partial charge >= 0.3 is 13.8 Å². The normalized spacial score (nSPS) is 14.1. The minimum absolute atomic E-state index is 0.0936. The van der Waals surface area contributed by atoms with E-state index in [4.69, 9.17) is 24.3 Å². The number of esters is 1. The zero-order chi connectivity index (χ0) is 25.3. The fourth-order valence-electron chi connectivity index (χ4n) is 3.56. The van der Waals surface area contributed by atoms with Crippen LogP contribution >= 0.6 is 7.82 Å². The molecule has 0 radical (unpaired) electrons. The molecule has 2 atom stereocenters. The molecule has 9 heteroatoms. The number of hydrogen-bond donors (Lipinski definition) is 2. The molecule has 0 aliphatic rings. The fraction of sp³-hybridized carbons (Fsp3) is 0.960. The Bertz CT molecular complexity index is 508. The number of ether oxygens (including phenoxy) is 2. The van der Waals surface area contributed by atoms with Gasteiger partial charge in [-0.25, -0.2) is 4.57 Å². The average molecular weight is 510 g/mol. The summed E-state index contributed by atoms with van der Waals surface area (Å²) in [6.45, 7) is 4.54. The van der Waals surface area contributed by atoms with Crippen LogP contribution in [0.2, 0.25) is 0 Å². The zero-order valence-electron chi connectivity index (χ0n) is 21.8. The molecular weight excluding hydrogens is 457 g/mol. The Hall–Kier alpha value is -0.500. The lowest BCUT2D eigenvalue weighted by molar-refractivity contribution is -0.154. The van der Waals surface area contributed by atoms with Crippen LogP contribution < -0.4 is 5.73 Å². The van der Waals surface area contributed by atoms with Gasteiger partial charge in [0.15, 0.2) is 0 Å². The summed E-state index contributed by atoms with van der Waals surface area (Å²) in [6.07, 6.45) is 18.3. The molecule has 1 unspecified atom stereocenters. The van der Waals surface area contributed by atoms with Crippen molar-refractivity contribution < 1.29 is 32.8 Å². The summed E-state index contributed by atoms with van der Waals surface area (Å²) in [5.41, 5.74) is 5.26. The van der Waals surface area contributed by atoms with Crippen LogP contribution in [0.25, 0.3) is 0 Å². The van der Waals surface area contributed by atoms with E-state index in [0.717, 1.165) is 12.8 Å². The van der Waals surface area contributed by atoms with E-state index in [1.54, 1.807) is 0 Å². The van der Waals surface area contributed by atoms with Crippen molar-refractivity contribution in [3.8, 4) is 0 Å². The lowest BCUT2D eigenvalue weighted by atomic mass is 10.0. The summed E-state index contributed by atoms with van der Waals surface area (Å²) in [5, 5.41) is 0. The molecule has 0 saturated carbocycles. The van der Waals surface area contributed by atoms with Crippen molar-refractivity contribution >= 4 is 13.8 Å². The molecule has 0 aromatic heterocycles. The lowest BCUT2D eigenvalue weighted by Crippen LogP contribution is -2.28. The molecule has 0 heterocycles. The number of hydrogen-bond acceptors (Lipinski definition) is 7. The first-order valence-corrected chi connectivity index (χ1v) is 15.0. The highest BCUT2D eigenvalue weighted by Crippen LogP contribution is 2.43. The van der Waals surface area contributed by atoms with Crippen molar-refractivity contribution in [3.63, 3.8) is 0 Å². The van der Waals surface area contributed by atoms with Crippen molar-refractivity contribution in [2.75, 3.05) is 33.0 Å². The molecule has 0 rings (SSSR count). The molecule has 0 aliphatic carbocycles. The van der Waals surface area contributed by atoms with Gasteiger partial charge in [-0.2, -0.15) is 0 Å². The summed E-state index contributed by atoms with van der Waals surface area (Å²) in [4.78, 5) is 21.4. The van der Waals surface area contributed by atoms with Gasteiger partial charge in [-0.15, -0.1) is 0 Å². The average Bonchev–Trinajstić information content (AvgIpc) is 2.81. The molecule has 0 fully saturated rings. The van der Waals surface area contributed by atoms with Gasteiger partial charge in [0.05, 0.1) is 19.8 Å². The second kappa shape index (κ2) is 24.2. The number of carbonyl (C=O) groups is 1. The van der Waals surface area contributed by atoms with Gasteiger partial charge in [-0.1, -0.05) is 97.3 Å². The van der Waals surface area contributed by atoms with Crippen molar-refractivity contribution in [2.24, 2.45) is 5.73 Å². The summed E-state index contributed by atoms with van der Waals surface area (Å²) >= 11 is 0. The van der Waals surface area contributed by atoms with Gasteiger partial charge in [0, 0.05) is 19.6 Å². The van der Waals surface area contributed by atoms with Gasteiger partial charge in [0.1, 0.15) is 6.10 Å². The van der Waals surface area contributed by atoms with Crippen molar-refractivity contribution in [3.05, 3.63) is 0 Å². The highest BCUT2D eigenvalue weighted by atomic mass is 31.2. The third-order valence-electron chi connectivity index (χ3n) is 5.49. The van der Waals surface area contributed by atoms with Gasteiger partial charge < -0.3 is 20.1 Å². The molecule has 0 aromatic carbocycles. The summed E-state index contributed by atoms with van der Waals surface area (Å²) in [7, 11) is -4.22. The predicted octanol–water partition coefficient (Wildman–Crippen LogP) is 6.29. The van der Waals surface area contributed by atoms with E-state index in [0.29, 0.717) is 13.0 Å². The van der Waals surface area contributed by atoms with Crippen LogP contribution in [0.3, 0.4) is 0 Å². The standard InChI is InChI=1S/C25H52NO7P/c1-3-5-6-7-8-9-10-11-12-13-14-15-16-17-20-30-22-24(33-25(27)18-4-2)23-32-34(28,29)31-21-19-26/h24H,3-23,26H2,1-2H3,(H,28,29)/t24-/m1/s1. The van der Waals surface area contributed by atoms with E-state index in [9.17, 15) is 14.3 Å². The van der Waals surface area contributed by atoms with Crippen molar-refractivity contribution in [2.45, 2.75) is 123 Å². The second-order valence-corrected chi connectivity index (χ2v) is 10.4. The Morgan fingerprint density at radius 2 is 1.29 bits per heavy atom. The highest BCUT2D eigenvalue weighted by Gasteiger charge is 2.25. The largest absolute Gasteiger partial charge is 0.472 e. The number of rotatable bonds is 26. The van der Waals surface area contributed by atoms with Crippen LogP contribution in [0.4, 0.5) is 0 Å². The van der Waals surface area contributed by atoms with E-state index in [2.05, 4.69) is 6.92 Å². The summed E-state index contributed by atoms with van der Waals surface area (Å²) < 4.78 is 32.4. The maximum atomic E-state index is 11.8.